The van der Waals surface area contributed by atoms with Crippen LogP contribution in [0.5, 0.6) is 0 Å². The molecule has 0 saturated heterocycles. The van der Waals surface area contributed by atoms with Crippen LogP contribution in [0.3, 0.4) is 0 Å². The van der Waals surface area contributed by atoms with Gasteiger partial charge in [-0.15, -0.1) is 0 Å². The van der Waals surface area contributed by atoms with Crippen LogP contribution < -0.4 is 0 Å². The van der Waals surface area contributed by atoms with Crippen molar-refractivity contribution in [3.8, 4) is 62.1 Å². The first-order valence-electron chi connectivity index (χ1n) is 18.8. The molecule has 0 aliphatic heterocycles. The number of para-hydroxylation sites is 2. The molecule has 56 heavy (non-hydrogen) atoms. The van der Waals surface area contributed by atoms with Crippen molar-refractivity contribution in [2.24, 2.45) is 0 Å². The highest BCUT2D eigenvalue weighted by atomic mass is 16.3. The van der Waals surface area contributed by atoms with Crippen LogP contribution in [0.25, 0.3) is 106 Å². The van der Waals surface area contributed by atoms with Crippen LogP contribution >= 0.6 is 0 Å². The van der Waals surface area contributed by atoms with Gasteiger partial charge in [-0.2, -0.15) is 0 Å². The van der Waals surface area contributed by atoms with E-state index in [1.807, 2.05) is 72.8 Å². The summed E-state index contributed by atoms with van der Waals surface area (Å²) >= 11 is 0. The van der Waals surface area contributed by atoms with E-state index in [0.717, 1.165) is 61.0 Å². The molecule has 5 nitrogen and oxygen atoms in total. The first kappa shape index (κ1) is 31.9. The van der Waals surface area contributed by atoms with Gasteiger partial charge in [0.05, 0.1) is 11.0 Å². The molecule has 8 aromatic carbocycles. The van der Waals surface area contributed by atoms with Crippen LogP contribution in [0.2, 0.25) is 0 Å². The molecule has 262 valence electrons. The van der Waals surface area contributed by atoms with E-state index in [1.165, 1.54) is 27.4 Å². The van der Waals surface area contributed by atoms with Crippen LogP contribution in [-0.2, 0) is 0 Å². The Kier molecular flexibility index (Phi) is 7.42. The number of hydrogen-bond acceptors (Lipinski definition) is 4. The molecular weight excluding hydrogens is 685 g/mol. The summed E-state index contributed by atoms with van der Waals surface area (Å²) in [6.45, 7) is 0. The molecule has 0 amide bonds. The van der Waals surface area contributed by atoms with Gasteiger partial charge in [0.15, 0.2) is 17.5 Å². The zero-order chi connectivity index (χ0) is 37.0. The lowest BCUT2D eigenvalue weighted by Gasteiger charge is -2.10. The molecule has 11 aromatic rings. The van der Waals surface area contributed by atoms with Gasteiger partial charge in [0, 0.05) is 43.9 Å². The topological polar surface area (TPSA) is 56.7 Å². The molecule has 0 saturated carbocycles. The summed E-state index contributed by atoms with van der Waals surface area (Å²) < 4.78 is 8.82. The van der Waals surface area contributed by atoms with Gasteiger partial charge in [0.2, 0.25) is 0 Å². The molecule has 0 radical (unpaired) electrons. The summed E-state index contributed by atoms with van der Waals surface area (Å²) in [6, 6.07) is 67.6. The number of rotatable bonds is 6. The minimum atomic E-state index is 0.599. The van der Waals surface area contributed by atoms with Gasteiger partial charge in [-0.3, -0.25) is 0 Å². The number of hydrogen-bond donors (Lipinski definition) is 0. The van der Waals surface area contributed by atoms with Crippen LogP contribution in [0.4, 0.5) is 0 Å². The second-order valence-corrected chi connectivity index (χ2v) is 14.0. The lowest BCUT2D eigenvalue weighted by atomic mass is 9.96. The molecule has 3 heterocycles. The largest absolute Gasteiger partial charge is 0.456 e. The average Bonchev–Trinajstić information content (AvgIpc) is 3.82. The van der Waals surface area contributed by atoms with Crippen LogP contribution in [0, 0.1) is 0 Å². The third-order valence-corrected chi connectivity index (χ3v) is 10.7. The van der Waals surface area contributed by atoms with E-state index in [9.17, 15) is 0 Å². The summed E-state index contributed by atoms with van der Waals surface area (Å²) in [5, 5.41) is 4.46. The molecule has 0 N–H and O–H groups in total. The zero-order valence-electron chi connectivity index (χ0n) is 30.2. The van der Waals surface area contributed by atoms with Crippen molar-refractivity contribution in [2.75, 3.05) is 0 Å². The van der Waals surface area contributed by atoms with Gasteiger partial charge in [-0.05, 0) is 76.9 Å². The smallest absolute Gasteiger partial charge is 0.164 e. The Balaban J connectivity index is 1.03. The quantitative estimate of drug-likeness (QED) is 0.172. The molecule has 11 rings (SSSR count). The highest BCUT2D eigenvalue weighted by Crippen LogP contribution is 2.40. The fraction of sp³-hybridized carbons (Fsp3) is 0. The Morgan fingerprint density at radius 3 is 1.59 bits per heavy atom. The lowest BCUT2D eigenvalue weighted by Crippen LogP contribution is -2.00. The van der Waals surface area contributed by atoms with Gasteiger partial charge in [-0.1, -0.05) is 140 Å². The van der Waals surface area contributed by atoms with E-state index >= 15 is 0 Å². The van der Waals surface area contributed by atoms with Gasteiger partial charge < -0.3 is 8.98 Å². The van der Waals surface area contributed by atoms with Gasteiger partial charge in [-0.25, -0.2) is 15.0 Å². The molecule has 0 bridgehead atoms. The molecule has 0 aliphatic carbocycles. The van der Waals surface area contributed by atoms with E-state index in [2.05, 4.69) is 126 Å². The normalized spacial score (nSPS) is 11.6. The van der Waals surface area contributed by atoms with E-state index < -0.39 is 0 Å². The molecular formula is C51H32N4O. The summed E-state index contributed by atoms with van der Waals surface area (Å²) in [7, 11) is 0. The minimum Gasteiger partial charge on any atom is -0.456 e. The number of benzene rings is 8. The molecule has 0 spiro atoms. The number of furan rings is 1. The predicted octanol–water partition coefficient (Wildman–Crippen LogP) is 13.2. The monoisotopic (exact) mass is 716 g/mol. The number of nitrogens with zero attached hydrogens (tertiary/aromatic N) is 4. The molecule has 0 unspecified atom stereocenters. The Labute approximate surface area is 322 Å². The first-order chi connectivity index (χ1) is 27.7. The summed E-state index contributed by atoms with van der Waals surface area (Å²) in [5.41, 5.74) is 12.5. The Morgan fingerprint density at radius 1 is 0.339 bits per heavy atom. The first-order valence-corrected chi connectivity index (χ1v) is 18.8. The molecule has 0 atom stereocenters. The SMILES string of the molecule is c1ccc(-c2nc(-c3ccccc3)nc(-c3cccc4oc5ccc(-c6cccc(-c7ccc8c(c7)c7ccccc7n8-c7ccccc7)c6)cc5c34)n2)cc1. The highest BCUT2D eigenvalue weighted by Gasteiger charge is 2.19. The third kappa shape index (κ3) is 5.37. The summed E-state index contributed by atoms with van der Waals surface area (Å²) in [6.07, 6.45) is 0. The van der Waals surface area contributed by atoms with E-state index in [0.29, 0.717) is 17.5 Å². The second-order valence-electron chi connectivity index (χ2n) is 14.0. The van der Waals surface area contributed by atoms with Crippen LogP contribution in [0.15, 0.2) is 199 Å². The zero-order valence-corrected chi connectivity index (χ0v) is 30.2. The van der Waals surface area contributed by atoms with Crippen molar-refractivity contribution in [3.05, 3.63) is 194 Å². The lowest BCUT2D eigenvalue weighted by molar-refractivity contribution is 0.669. The fourth-order valence-electron chi connectivity index (χ4n) is 8.01. The molecule has 0 aliphatic rings. The van der Waals surface area contributed by atoms with E-state index in [1.54, 1.807) is 0 Å². The Morgan fingerprint density at radius 2 is 0.875 bits per heavy atom. The van der Waals surface area contributed by atoms with E-state index in [-0.39, 0.29) is 0 Å². The predicted molar refractivity (Wildman–Crippen MR) is 229 cm³/mol. The van der Waals surface area contributed by atoms with Crippen molar-refractivity contribution in [3.63, 3.8) is 0 Å². The maximum atomic E-state index is 6.47. The Bertz CT molecular complexity index is 3180. The number of fused-ring (bicyclic) bond motifs is 6. The molecule has 0 fully saturated rings. The number of aromatic nitrogens is 4. The Hall–Kier alpha value is -7.63. The van der Waals surface area contributed by atoms with Crippen molar-refractivity contribution < 1.29 is 4.42 Å². The fourth-order valence-corrected chi connectivity index (χ4v) is 8.01. The third-order valence-electron chi connectivity index (χ3n) is 10.7. The minimum absolute atomic E-state index is 0.599. The van der Waals surface area contributed by atoms with Gasteiger partial charge in [0.1, 0.15) is 11.2 Å². The average molecular weight is 717 g/mol. The van der Waals surface area contributed by atoms with Crippen LogP contribution in [0.1, 0.15) is 0 Å². The molecule has 3 aromatic heterocycles. The molecule has 5 heteroatoms. The maximum Gasteiger partial charge on any atom is 0.164 e. The highest BCUT2D eigenvalue weighted by molar-refractivity contribution is 6.13. The standard InChI is InChI=1S/C51H32N4O/c1-4-14-33(15-5-1)49-52-50(34-16-6-2-7-17-34)54-51(53-49)41-23-13-25-47-48(41)43-32-38(27-29-46(43)56-47)36-19-12-18-35(30-36)37-26-28-45-42(31-37)40-22-10-11-24-44(40)55(45)39-20-8-3-9-21-39/h1-32H. The van der Waals surface area contributed by atoms with Gasteiger partial charge in [0.25, 0.3) is 0 Å². The second kappa shape index (κ2) is 13.0. The van der Waals surface area contributed by atoms with Crippen molar-refractivity contribution in [1.29, 1.82) is 0 Å². The van der Waals surface area contributed by atoms with Crippen LogP contribution in [-0.4, -0.2) is 19.5 Å². The summed E-state index contributed by atoms with van der Waals surface area (Å²) in [4.78, 5) is 15.0. The van der Waals surface area contributed by atoms with Gasteiger partial charge >= 0.3 is 0 Å². The van der Waals surface area contributed by atoms with E-state index in [4.69, 9.17) is 19.4 Å². The van der Waals surface area contributed by atoms with Crippen molar-refractivity contribution >= 4 is 43.7 Å². The maximum absolute atomic E-state index is 6.47. The van der Waals surface area contributed by atoms with Crippen molar-refractivity contribution in [2.45, 2.75) is 0 Å². The van der Waals surface area contributed by atoms with Crippen molar-refractivity contribution in [1.82, 2.24) is 19.5 Å². The summed E-state index contributed by atoms with van der Waals surface area (Å²) in [5.74, 6) is 1.85.